The lowest BCUT2D eigenvalue weighted by molar-refractivity contribution is 0.263. The van der Waals surface area contributed by atoms with Crippen LogP contribution in [0, 0.1) is 0 Å². The summed E-state index contributed by atoms with van der Waals surface area (Å²) >= 11 is 0. The number of rotatable bonds is 18. The first-order valence-corrected chi connectivity index (χ1v) is 11.9. The summed E-state index contributed by atoms with van der Waals surface area (Å²) in [6.07, 6.45) is 24.2. The minimum atomic E-state index is 0.324. The van der Waals surface area contributed by atoms with Gasteiger partial charge in [-0.2, -0.15) is 0 Å². The Hall–Kier alpha value is -1.28. The molecule has 1 fully saturated rings. The van der Waals surface area contributed by atoms with Crippen LogP contribution in [0.1, 0.15) is 96.0 Å². The van der Waals surface area contributed by atoms with Gasteiger partial charge in [0.15, 0.2) is 0 Å². The molecular formula is C26H42O2. The van der Waals surface area contributed by atoms with Crippen molar-refractivity contribution < 1.29 is 9.47 Å². The fourth-order valence-electron chi connectivity index (χ4n) is 3.52. The third kappa shape index (κ3) is 12.2. The molecule has 0 radical (unpaired) electrons. The second kappa shape index (κ2) is 15.6. The number of hydrogen-bond acceptors (Lipinski definition) is 2. The van der Waals surface area contributed by atoms with Crippen molar-refractivity contribution in [2.75, 3.05) is 13.2 Å². The number of ether oxygens (including phenoxy) is 2. The molecule has 0 N–H and O–H groups in total. The van der Waals surface area contributed by atoms with Gasteiger partial charge in [-0.05, 0) is 43.4 Å². The third-order valence-corrected chi connectivity index (χ3v) is 5.50. The summed E-state index contributed by atoms with van der Waals surface area (Å²) in [5.74, 6) is 0.950. The molecule has 2 heteroatoms. The molecule has 0 saturated carbocycles. The molecule has 158 valence electrons. The Morgan fingerprint density at radius 2 is 1.39 bits per heavy atom. The predicted molar refractivity (Wildman–Crippen MR) is 120 cm³/mol. The van der Waals surface area contributed by atoms with Crippen molar-refractivity contribution in [3.63, 3.8) is 0 Å². The van der Waals surface area contributed by atoms with Crippen LogP contribution in [0.2, 0.25) is 0 Å². The van der Waals surface area contributed by atoms with Gasteiger partial charge >= 0.3 is 0 Å². The number of allylic oxidation sites excluding steroid dienone is 2. The SMILES string of the molecule is CCCCCCCCCCCCC/C=C/CCc1ccc(OCC2CO2)cc1. The van der Waals surface area contributed by atoms with Crippen LogP contribution in [0.4, 0.5) is 0 Å². The summed E-state index contributed by atoms with van der Waals surface area (Å²) in [4.78, 5) is 0. The Kier molecular flexibility index (Phi) is 12.8. The first-order valence-electron chi connectivity index (χ1n) is 11.9. The van der Waals surface area contributed by atoms with E-state index in [1.165, 1.54) is 82.6 Å². The van der Waals surface area contributed by atoms with E-state index in [9.17, 15) is 0 Å². The molecule has 0 spiro atoms. The molecule has 1 heterocycles. The molecule has 1 saturated heterocycles. The van der Waals surface area contributed by atoms with E-state index >= 15 is 0 Å². The highest BCUT2D eigenvalue weighted by Crippen LogP contribution is 2.17. The summed E-state index contributed by atoms with van der Waals surface area (Å²) in [5, 5.41) is 0. The topological polar surface area (TPSA) is 21.8 Å². The van der Waals surface area contributed by atoms with Crippen LogP contribution >= 0.6 is 0 Å². The second-order valence-corrected chi connectivity index (χ2v) is 8.24. The Labute approximate surface area is 173 Å². The molecule has 1 atom stereocenters. The number of epoxide rings is 1. The lowest BCUT2D eigenvalue weighted by atomic mass is 10.0. The average molecular weight is 387 g/mol. The van der Waals surface area contributed by atoms with E-state index in [1.807, 2.05) is 0 Å². The van der Waals surface area contributed by atoms with Crippen molar-refractivity contribution >= 4 is 0 Å². The van der Waals surface area contributed by atoms with Gasteiger partial charge in [0.2, 0.25) is 0 Å². The summed E-state index contributed by atoms with van der Waals surface area (Å²) in [6.45, 7) is 3.82. The molecule has 1 aromatic rings. The normalized spacial score (nSPS) is 16.0. The van der Waals surface area contributed by atoms with Crippen molar-refractivity contribution in [2.24, 2.45) is 0 Å². The maximum atomic E-state index is 5.68. The summed E-state index contributed by atoms with van der Waals surface area (Å²) < 4.78 is 10.8. The van der Waals surface area contributed by atoms with Crippen LogP contribution in [0.25, 0.3) is 0 Å². The van der Waals surface area contributed by atoms with Gasteiger partial charge in [0, 0.05) is 0 Å². The average Bonchev–Trinajstić information content (AvgIpc) is 3.55. The van der Waals surface area contributed by atoms with Gasteiger partial charge in [-0.15, -0.1) is 0 Å². The van der Waals surface area contributed by atoms with Gasteiger partial charge in [-0.3, -0.25) is 0 Å². The standard InChI is InChI=1S/C26H42O2/c1-2-3-4-5-6-7-8-9-10-11-12-13-14-15-16-17-24-18-20-25(21-19-24)27-22-26-23-28-26/h14-15,18-21,26H,2-13,16-17,22-23H2,1H3/b15-14+. The van der Waals surface area contributed by atoms with E-state index < -0.39 is 0 Å². The van der Waals surface area contributed by atoms with Crippen molar-refractivity contribution in [1.29, 1.82) is 0 Å². The fraction of sp³-hybridized carbons (Fsp3) is 0.692. The largest absolute Gasteiger partial charge is 0.491 e. The van der Waals surface area contributed by atoms with Gasteiger partial charge in [-0.25, -0.2) is 0 Å². The van der Waals surface area contributed by atoms with E-state index in [2.05, 4.69) is 43.3 Å². The first kappa shape index (κ1) is 23.0. The van der Waals surface area contributed by atoms with Gasteiger partial charge < -0.3 is 9.47 Å². The number of hydrogen-bond donors (Lipinski definition) is 0. The zero-order valence-electron chi connectivity index (χ0n) is 18.2. The maximum Gasteiger partial charge on any atom is 0.119 e. The smallest absolute Gasteiger partial charge is 0.119 e. The molecular weight excluding hydrogens is 344 g/mol. The van der Waals surface area contributed by atoms with E-state index in [0.717, 1.165) is 25.2 Å². The fourth-order valence-corrected chi connectivity index (χ4v) is 3.52. The van der Waals surface area contributed by atoms with Crippen LogP contribution in [0.3, 0.4) is 0 Å². The highest BCUT2D eigenvalue weighted by atomic mass is 16.6. The minimum absolute atomic E-state index is 0.324. The molecule has 1 aliphatic rings. The molecule has 0 aliphatic carbocycles. The molecule has 28 heavy (non-hydrogen) atoms. The maximum absolute atomic E-state index is 5.68. The molecule has 2 nitrogen and oxygen atoms in total. The van der Waals surface area contributed by atoms with Crippen molar-refractivity contribution in [1.82, 2.24) is 0 Å². The van der Waals surface area contributed by atoms with Gasteiger partial charge in [0.05, 0.1) is 6.61 Å². The third-order valence-electron chi connectivity index (χ3n) is 5.50. The molecule has 2 rings (SSSR count). The zero-order valence-corrected chi connectivity index (χ0v) is 18.2. The van der Waals surface area contributed by atoms with Crippen molar-refractivity contribution in [3.8, 4) is 5.75 Å². The van der Waals surface area contributed by atoms with E-state index in [1.54, 1.807) is 0 Å². The highest BCUT2D eigenvalue weighted by molar-refractivity contribution is 5.27. The van der Waals surface area contributed by atoms with E-state index in [0.29, 0.717) is 12.7 Å². The summed E-state index contributed by atoms with van der Waals surface area (Å²) in [6, 6.07) is 8.51. The lowest BCUT2D eigenvalue weighted by Gasteiger charge is -2.05. The van der Waals surface area contributed by atoms with Gasteiger partial charge in [0.1, 0.15) is 18.5 Å². The van der Waals surface area contributed by atoms with Crippen LogP contribution in [-0.2, 0) is 11.2 Å². The lowest BCUT2D eigenvalue weighted by Crippen LogP contribution is -2.03. The quantitative estimate of drug-likeness (QED) is 0.147. The highest BCUT2D eigenvalue weighted by Gasteiger charge is 2.22. The Balaban J connectivity index is 1.36. The Morgan fingerprint density at radius 1 is 0.821 bits per heavy atom. The van der Waals surface area contributed by atoms with Gasteiger partial charge in [-0.1, -0.05) is 95.4 Å². The minimum Gasteiger partial charge on any atom is -0.491 e. The van der Waals surface area contributed by atoms with Crippen molar-refractivity contribution in [2.45, 2.75) is 103 Å². The molecule has 1 aromatic carbocycles. The van der Waals surface area contributed by atoms with Crippen LogP contribution in [0.15, 0.2) is 36.4 Å². The van der Waals surface area contributed by atoms with E-state index in [4.69, 9.17) is 9.47 Å². The first-order chi connectivity index (χ1) is 13.9. The number of unbranched alkanes of at least 4 members (excludes halogenated alkanes) is 11. The zero-order chi connectivity index (χ0) is 19.7. The van der Waals surface area contributed by atoms with Crippen molar-refractivity contribution in [3.05, 3.63) is 42.0 Å². The molecule has 0 bridgehead atoms. The van der Waals surface area contributed by atoms with E-state index in [-0.39, 0.29) is 0 Å². The van der Waals surface area contributed by atoms with Gasteiger partial charge in [0.25, 0.3) is 0 Å². The Morgan fingerprint density at radius 3 is 2.00 bits per heavy atom. The molecule has 1 aliphatic heterocycles. The molecule has 0 amide bonds. The molecule has 0 aromatic heterocycles. The second-order valence-electron chi connectivity index (χ2n) is 8.24. The predicted octanol–water partition coefficient (Wildman–Crippen LogP) is 7.65. The Bertz CT molecular complexity index is 502. The molecule has 1 unspecified atom stereocenters. The van der Waals surface area contributed by atoms with Crippen LogP contribution < -0.4 is 4.74 Å². The summed E-state index contributed by atoms with van der Waals surface area (Å²) in [5.41, 5.74) is 1.38. The van der Waals surface area contributed by atoms with Crippen LogP contribution in [0.5, 0.6) is 5.75 Å². The number of aryl methyl sites for hydroxylation is 1. The monoisotopic (exact) mass is 386 g/mol. The summed E-state index contributed by atoms with van der Waals surface area (Å²) in [7, 11) is 0. The number of benzene rings is 1. The van der Waals surface area contributed by atoms with Crippen LogP contribution in [-0.4, -0.2) is 19.3 Å².